The van der Waals surface area contributed by atoms with E-state index in [1.54, 1.807) is 0 Å². The first-order valence-corrected chi connectivity index (χ1v) is 8.60. The molecule has 1 aromatic rings. The van der Waals surface area contributed by atoms with Gasteiger partial charge in [-0.1, -0.05) is 33.3 Å². The topological polar surface area (TPSA) is 16.1 Å². The van der Waals surface area contributed by atoms with Crippen LogP contribution in [0.2, 0.25) is 0 Å². The van der Waals surface area contributed by atoms with Crippen molar-refractivity contribution in [2.45, 2.75) is 75.7 Å². The number of nitrogens with zero attached hydrogens (tertiary/aromatic N) is 2. The molecule has 0 aromatic carbocycles. The van der Waals surface area contributed by atoms with Crippen molar-refractivity contribution in [2.24, 2.45) is 0 Å². The maximum Gasteiger partial charge on any atom is 0.101 e. The Morgan fingerprint density at radius 2 is 2.05 bits per heavy atom. The molecule has 0 spiro atoms. The van der Waals surface area contributed by atoms with Crippen LogP contribution in [0.1, 0.15) is 65.5 Å². The van der Waals surface area contributed by atoms with Gasteiger partial charge in [-0.15, -0.1) is 11.8 Å². The summed E-state index contributed by atoms with van der Waals surface area (Å²) in [7, 11) is 0. The molecule has 2 heterocycles. The fourth-order valence-corrected chi connectivity index (χ4v) is 3.95. The smallest absolute Gasteiger partial charge is 0.101 e. The minimum Gasteiger partial charge on any atom is -0.294 e. The van der Waals surface area contributed by atoms with Gasteiger partial charge >= 0.3 is 0 Å². The summed E-state index contributed by atoms with van der Waals surface area (Å²) >= 11 is 1.90. The van der Waals surface area contributed by atoms with E-state index >= 15 is 0 Å². The van der Waals surface area contributed by atoms with Crippen LogP contribution in [0, 0.1) is 0 Å². The fourth-order valence-electron chi connectivity index (χ4n) is 2.94. The number of piperidine rings is 1. The zero-order chi connectivity index (χ0) is 14.8. The number of likely N-dealkylation sites (tertiary alicyclic amines) is 1. The minimum absolute atomic E-state index is 0.209. The lowest BCUT2D eigenvalue weighted by atomic mass is 9.95. The molecule has 3 heteroatoms. The Balaban J connectivity index is 2.30. The molecule has 0 saturated carbocycles. The number of hydrogen-bond donors (Lipinski definition) is 0. The Kier molecular flexibility index (Phi) is 5.14. The van der Waals surface area contributed by atoms with Gasteiger partial charge in [0.1, 0.15) is 5.03 Å². The van der Waals surface area contributed by atoms with Gasteiger partial charge in [0, 0.05) is 28.6 Å². The molecule has 0 unspecified atom stereocenters. The van der Waals surface area contributed by atoms with E-state index < -0.39 is 0 Å². The van der Waals surface area contributed by atoms with Crippen LogP contribution in [-0.4, -0.2) is 27.2 Å². The highest BCUT2D eigenvalue weighted by molar-refractivity contribution is 8.00. The molecule has 1 saturated heterocycles. The van der Waals surface area contributed by atoms with E-state index in [1.807, 2.05) is 18.0 Å². The molecule has 112 valence electrons. The third-order valence-corrected chi connectivity index (χ3v) is 4.92. The summed E-state index contributed by atoms with van der Waals surface area (Å²) in [6.45, 7) is 12.6. The minimum atomic E-state index is 0.209. The Labute approximate surface area is 128 Å². The highest BCUT2D eigenvalue weighted by atomic mass is 32.2. The van der Waals surface area contributed by atoms with Crippen molar-refractivity contribution < 1.29 is 0 Å². The largest absolute Gasteiger partial charge is 0.294 e. The lowest BCUT2D eigenvalue weighted by Gasteiger charge is -2.39. The summed E-state index contributed by atoms with van der Waals surface area (Å²) in [5.41, 5.74) is 1.43. The van der Waals surface area contributed by atoms with Crippen molar-refractivity contribution in [3.05, 3.63) is 23.9 Å². The number of hydrogen-bond acceptors (Lipinski definition) is 3. The summed E-state index contributed by atoms with van der Waals surface area (Å²) in [5, 5.41) is 1.22. The van der Waals surface area contributed by atoms with Crippen LogP contribution in [0.3, 0.4) is 0 Å². The molecule has 1 aliphatic rings. The first-order chi connectivity index (χ1) is 9.38. The number of thioether (sulfide) groups is 1. The Morgan fingerprint density at radius 3 is 2.70 bits per heavy atom. The summed E-state index contributed by atoms with van der Waals surface area (Å²) in [4.78, 5) is 7.32. The van der Waals surface area contributed by atoms with Crippen LogP contribution in [0.15, 0.2) is 23.4 Å². The molecule has 20 heavy (non-hydrogen) atoms. The van der Waals surface area contributed by atoms with Crippen molar-refractivity contribution in [1.29, 1.82) is 0 Å². The van der Waals surface area contributed by atoms with Gasteiger partial charge < -0.3 is 0 Å². The van der Waals surface area contributed by atoms with E-state index in [2.05, 4.69) is 56.6 Å². The Hall–Kier alpha value is -0.540. The van der Waals surface area contributed by atoms with Crippen LogP contribution >= 0.6 is 11.8 Å². The van der Waals surface area contributed by atoms with Crippen molar-refractivity contribution in [3.63, 3.8) is 0 Å². The molecular weight excluding hydrogens is 264 g/mol. The predicted octanol–water partition coefficient (Wildman–Crippen LogP) is 4.91. The number of aromatic nitrogens is 1. The van der Waals surface area contributed by atoms with Gasteiger partial charge in [0.15, 0.2) is 0 Å². The lowest BCUT2D eigenvalue weighted by molar-refractivity contribution is 0.110. The Morgan fingerprint density at radius 1 is 1.30 bits per heavy atom. The lowest BCUT2D eigenvalue weighted by Crippen LogP contribution is -2.38. The molecule has 2 nitrogen and oxygen atoms in total. The van der Waals surface area contributed by atoms with E-state index in [1.165, 1.54) is 36.4 Å². The van der Waals surface area contributed by atoms with Crippen molar-refractivity contribution in [1.82, 2.24) is 9.88 Å². The maximum atomic E-state index is 4.67. The number of rotatable bonds is 3. The first-order valence-electron chi connectivity index (χ1n) is 7.78. The molecule has 2 rings (SSSR count). The van der Waals surface area contributed by atoms with E-state index in [9.17, 15) is 0 Å². The predicted molar refractivity (Wildman–Crippen MR) is 88.3 cm³/mol. The summed E-state index contributed by atoms with van der Waals surface area (Å²) in [5.74, 6) is 0. The average Bonchev–Trinajstić information content (AvgIpc) is 2.37. The zero-order valence-electron chi connectivity index (χ0n) is 13.5. The van der Waals surface area contributed by atoms with E-state index in [-0.39, 0.29) is 4.75 Å². The van der Waals surface area contributed by atoms with Crippen LogP contribution in [0.25, 0.3) is 0 Å². The molecule has 0 bridgehead atoms. The van der Waals surface area contributed by atoms with E-state index in [4.69, 9.17) is 0 Å². The van der Waals surface area contributed by atoms with Gasteiger partial charge in [0.25, 0.3) is 0 Å². The molecule has 1 aromatic heterocycles. The number of pyridine rings is 1. The second-order valence-corrected chi connectivity index (χ2v) is 8.77. The molecule has 0 aliphatic carbocycles. The monoisotopic (exact) mass is 292 g/mol. The van der Waals surface area contributed by atoms with Crippen LogP contribution in [0.5, 0.6) is 0 Å². The molecular formula is C17H28N2S. The normalized spacial score (nSPS) is 21.4. The third kappa shape index (κ3) is 3.98. The van der Waals surface area contributed by atoms with Gasteiger partial charge in [-0.2, -0.15) is 0 Å². The van der Waals surface area contributed by atoms with Gasteiger partial charge in [-0.3, -0.25) is 4.90 Å². The zero-order valence-corrected chi connectivity index (χ0v) is 14.3. The molecule has 0 amide bonds. The summed E-state index contributed by atoms with van der Waals surface area (Å²) in [6, 6.07) is 5.53. The third-order valence-electron chi connectivity index (χ3n) is 3.77. The second-order valence-electron chi connectivity index (χ2n) is 6.96. The van der Waals surface area contributed by atoms with Gasteiger partial charge in [0.2, 0.25) is 0 Å². The van der Waals surface area contributed by atoms with Crippen molar-refractivity contribution in [2.75, 3.05) is 6.54 Å². The molecule has 1 aliphatic heterocycles. The SMILES string of the molecule is CC(C)N1CCCC[C@H]1c1cccnc1SC(C)(C)C. The van der Waals surface area contributed by atoms with E-state index in [0.717, 1.165) is 0 Å². The molecule has 0 radical (unpaired) electrons. The van der Waals surface area contributed by atoms with Gasteiger partial charge in [-0.25, -0.2) is 4.98 Å². The van der Waals surface area contributed by atoms with Crippen LogP contribution in [0.4, 0.5) is 0 Å². The highest BCUT2D eigenvalue weighted by Crippen LogP contribution is 2.40. The molecule has 0 N–H and O–H groups in total. The Bertz CT molecular complexity index is 437. The quantitative estimate of drug-likeness (QED) is 0.737. The second kappa shape index (κ2) is 6.48. The van der Waals surface area contributed by atoms with Crippen molar-refractivity contribution >= 4 is 11.8 Å². The van der Waals surface area contributed by atoms with Gasteiger partial charge in [-0.05, 0) is 39.3 Å². The standard InChI is InChI=1S/C17H28N2S/c1-13(2)19-12-7-6-10-15(19)14-9-8-11-18-16(14)20-17(3,4)5/h8-9,11,13,15H,6-7,10,12H2,1-5H3/t15-/m0/s1. The summed E-state index contributed by atoms with van der Waals surface area (Å²) < 4.78 is 0.209. The van der Waals surface area contributed by atoms with E-state index in [0.29, 0.717) is 12.1 Å². The maximum absolute atomic E-state index is 4.67. The summed E-state index contributed by atoms with van der Waals surface area (Å²) in [6.07, 6.45) is 5.86. The average molecular weight is 292 g/mol. The first kappa shape index (κ1) is 15.8. The van der Waals surface area contributed by atoms with Crippen molar-refractivity contribution in [3.8, 4) is 0 Å². The fraction of sp³-hybridized carbons (Fsp3) is 0.706. The van der Waals surface area contributed by atoms with Crippen LogP contribution < -0.4 is 0 Å². The molecule has 1 atom stereocenters. The molecule has 1 fully saturated rings. The highest BCUT2D eigenvalue weighted by Gasteiger charge is 2.29. The van der Waals surface area contributed by atoms with Crippen LogP contribution in [-0.2, 0) is 0 Å². The van der Waals surface area contributed by atoms with Gasteiger partial charge in [0.05, 0.1) is 0 Å².